The second-order valence-corrected chi connectivity index (χ2v) is 33.9. The maximum Gasteiger partial charge on any atom is 2.00 e. The largest absolute Gasteiger partial charge is 2.00 e. The van der Waals surface area contributed by atoms with Crippen LogP contribution in [-0.4, -0.2) is 67.1 Å². The van der Waals surface area contributed by atoms with Crippen LogP contribution in [0.4, 0.5) is 0 Å². The van der Waals surface area contributed by atoms with Gasteiger partial charge in [-0.25, -0.2) is 0 Å². The molecule has 0 bridgehead atoms. The van der Waals surface area contributed by atoms with Gasteiger partial charge in [-0.1, -0.05) is 214 Å². The average molecular weight is 2180 g/mol. The molecule has 4 radical (unpaired) electrons. The molecule has 0 aromatic heterocycles. The van der Waals surface area contributed by atoms with E-state index in [4.69, 9.17) is 135 Å². The van der Waals surface area contributed by atoms with Gasteiger partial charge in [-0.05, 0) is 344 Å². The summed E-state index contributed by atoms with van der Waals surface area (Å²) in [6.07, 6.45) is 0. The number of hydrogen-bond donors (Lipinski definition) is 0. The third kappa shape index (κ3) is 38.7. The molecule has 0 amide bonds. The van der Waals surface area contributed by atoms with Crippen LogP contribution in [0, 0.1) is 186 Å². The molecule has 0 aliphatic heterocycles. The van der Waals surface area contributed by atoms with Crippen LogP contribution in [0.3, 0.4) is 0 Å². The quantitative estimate of drug-likeness (QED) is 0.0810. The molecule has 12 aromatic carbocycles. The standard InChI is InChI=1S/4C25H26O2.4CH2Cl2.4Fe.4NO.4H2O/c4*1-14-10-16(3)22(17(4)11-14)20-8-7-9-21(24(20)25(26)27)23-18(5)12-15(2)13-19(23)6;4*2-1-3;;;;;4*1-2;;;;/h4*7-13H,1-6H3,(H,26,27);4*1H2;;;;;;;;;4*1H2/q;;;;;;;;4*+2;;;;;;;;/p-8. The van der Waals surface area contributed by atoms with Crippen LogP contribution in [0.25, 0.3) is 89.0 Å². The van der Waals surface area contributed by atoms with Crippen molar-refractivity contribution in [3.63, 3.8) is 0 Å². The van der Waals surface area contributed by atoms with Crippen molar-refractivity contribution < 1.29 is 130 Å². The van der Waals surface area contributed by atoms with Crippen LogP contribution in [-0.2, 0) is 68.3 Å². The number of hydrogen-bond acceptors (Lipinski definition) is 16. The number of aryl methyl sites for hydroxylation is 24. The molecule has 732 valence electrons. The van der Waals surface area contributed by atoms with Crippen molar-refractivity contribution in [1.82, 2.24) is 22.4 Å². The fraction of sp³-hybridized carbons (Fsp3) is 0.269. The summed E-state index contributed by atoms with van der Waals surface area (Å²) in [7, 11) is 0. The summed E-state index contributed by atoms with van der Waals surface area (Å²) >= 11 is 38.1. The van der Waals surface area contributed by atoms with Crippen molar-refractivity contribution in [2.24, 2.45) is 0 Å². The van der Waals surface area contributed by atoms with E-state index in [1.165, 1.54) is 44.5 Å². The van der Waals surface area contributed by atoms with Gasteiger partial charge < -0.3 is 61.5 Å². The Morgan fingerprint density at radius 3 is 0.316 bits per heavy atom. The Balaban J connectivity index is -0.000000246. The number of carboxylic acids is 4. The van der Waals surface area contributed by atoms with Gasteiger partial charge in [-0.15, -0.1) is 112 Å². The predicted octanol–water partition coefficient (Wildman–Crippen LogP) is 24.1. The molecule has 20 nitrogen and oxygen atoms in total. The number of nitroso groups, excluding NO2 is 4. The number of carbonyl (C=O) groups excluding carboxylic acids is 4. The first kappa shape index (κ1) is 143. The molecule has 12 aromatic rings. The maximum absolute atomic E-state index is 12.3. The summed E-state index contributed by atoms with van der Waals surface area (Å²) in [5.74, 6) is -4.56. The maximum atomic E-state index is 12.3. The van der Waals surface area contributed by atoms with Crippen molar-refractivity contribution in [3.8, 4) is 89.0 Å². The second kappa shape index (κ2) is 70.7. The molecule has 0 spiro atoms. The molecule has 136 heavy (non-hydrogen) atoms. The van der Waals surface area contributed by atoms with Gasteiger partial charge >= 0.3 is 68.3 Å². The first-order valence-electron chi connectivity index (χ1n) is 39.7. The van der Waals surface area contributed by atoms with E-state index in [-0.39, 0.29) is 134 Å². The zero-order valence-corrected chi connectivity index (χ0v) is 90.4. The van der Waals surface area contributed by atoms with Gasteiger partial charge in [0.15, 0.2) is 0 Å². The van der Waals surface area contributed by atoms with Crippen LogP contribution in [0.1, 0.15) is 175 Å². The minimum atomic E-state index is -1.14. The van der Waals surface area contributed by atoms with E-state index in [0.29, 0.717) is 0 Å². The van der Waals surface area contributed by atoms with Gasteiger partial charge in [-0.3, -0.25) is 0 Å². The number of benzene rings is 12. The van der Waals surface area contributed by atoms with E-state index in [1.807, 2.05) is 184 Å². The minimum absolute atomic E-state index is 0. The molecule has 0 saturated heterocycles. The molecule has 0 aliphatic rings. The molecule has 4 N–H and O–H groups in total. The SMILES string of the molecule is Cc1cc(C)c(-c2cccc(-c3c(C)cc(C)cc3C)c2C(=O)[O-])c(C)c1.Cc1cc(C)c(-c2cccc(-c3c(C)cc(C)cc3C)c2C(=O)[O-])c(C)c1.Cc1cc(C)c(-c2cccc(-c3c(C)cc(C)cc3C)c2C(=O)[O-])c(C)c1.Cc1cc(C)c(-c2cccc(-c3c(C)cc(C)cc3C)c2C(=O)[O-])c(C)c1.ClCCl.ClCCl.ClCCl.ClCCl.[Fe+2].[Fe+2].[Fe+2].[Fe+2].[N]=O.[N]=O.[N]=O.[N]=O.[OH-].[OH-].[OH-].[OH-]. The van der Waals surface area contributed by atoms with E-state index in [2.05, 4.69) is 152 Å². The molecule has 0 aliphatic carbocycles. The molecular weight excluding hydrogens is 2070 g/mol. The van der Waals surface area contributed by atoms with Crippen molar-refractivity contribution in [2.45, 2.75) is 166 Å². The normalized spacial score (nSPS) is 9.29. The third-order valence-electron chi connectivity index (χ3n) is 20.6. The Kier molecular flexibility index (Phi) is 74.1. The molecule has 0 saturated carbocycles. The average Bonchev–Trinajstić information content (AvgIpc) is 0.776. The third-order valence-corrected chi connectivity index (χ3v) is 20.6. The number of halogens is 8. The van der Waals surface area contributed by atoms with Gasteiger partial charge in [0.1, 0.15) is 22.4 Å². The summed E-state index contributed by atoms with van der Waals surface area (Å²) in [5.41, 5.74) is 64.2. The van der Waals surface area contributed by atoms with Gasteiger partial charge in [0, 0.05) is 22.3 Å². The fourth-order valence-corrected chi connectivity index (χ4v) is 17.6. The topological polar surface area (TPSA) is 438 Å². The van der Waals surface area contributed by atoms with Crippen LogP contribution in [0.5, 0.6) is 0 Å². The van der Waals surface area contributed by atoms with Crippen LogP contribution >= 0.6 is 92.8 Å². The van der Waals surface area contributed by atoms with Crippen molar-refractivity contribution >= 4 is 117 Å². The smallest absolute Gasteiger partial charge is 0.870 e. The van der Waals surface area contributed by atoms with E-state index in [0.717, 1.165) is 178 Å². The van der Waals surface area contributed by atoms with E-state index >= 15 is 0 Å². The Hall–Kier alpha value is -8.84. The van der Waals surface area contributed by atoms with E-state index in [1.54, 1.807) is 0 Å². The number of aromatic carboxylic acids is 4. The molecule has 0 unspecified atom stereocenters. The van der Waals surface area contributed by atoms with E-state index < -0.39 is 23.9 Å². The van der Waals surface area contributed by atoms with E-state index in [9.17, 15) is 39.6 Å². The number of carbonyl (C=O) groups is 4. The Labute approximate surface area is 882 Å². The van der Waals surface area contributed by atoms with Crippen molar-refractivity contribution in [2.75, 3.05) is 21.4 Å². The van der Waals surface area contributed by atoms with Crippen molar-refractivity contribution in [1.29, 1.82) is 0 Å². The molecule has 0 fully saturated rings. The molecule has 12 rings (SSSR count). The summed E-state index contributed by atoms with van der Waals surface area (Å²) in [6.45, 7) is 48.9. The molecule has 0 atom stereocenters. The van der Waals surface area contributed by atoms with Gasteiger partial charge in [-0.2, -0.15) is 0 Å². The zero-order valence-electron chi connectivity index (χ0n) is 79.9. The predicted molar refractivity (Wildman–Crippen MR) is 536 cm³/mol. The molecule has 0 heterocycles. The Bertz CT molecular complexity index is 4700. The first-order valence-corrected chi connectivity index (χ1v) is 44.0. The summed E-state index contributed by atoms with van der Waals surface area (Å²) < 4.78 is 0. The van der Waals surface area contributed by atoms with Crippen LogP contribution < -0.4 is 42.8 Å². The zero-order chi connectivity index (χ0) is 98.3. The van der Waals surface area contributed by atoms with Crippen LogP contribution in [0.2, 0.25) is 0 Å². The van der Waals surface area contributed by atoms with Gasteiger partial charge in [0.2, 0.25) is 0 Å². The number of alkyl halides is 8. The summed E-state index contributed by atoms with van der Waals surface area (Å²) in [5, 5.41) is 49.8. The minimum Gasteiger partial charge on any atom is -0.870 e. The number of rotatable bonds is 12. The number of carboxylic acid groups (broad SMARTS) is 4. The first-order chi connectivity index (χ1) is 60.5. The fourth-order valence-electron chi connectivity index (χ4n) is 17.6. The Morgan fingerprint density at radius 1 is 0.191 bits per heavy atom. The Morgan fingerprint density at radius 2 is 0.257 bits per heavy atom. The van der Waals surface area contributed by atoms with Crippen LogP contribution in [0.15, 0.2) is 170 Å². The van der Waals surface area contributed by atoms with Gasteiger partial charge in [0.25, 0.3) is 0 Å². The monoisotopic (exact) mass is 2180 g/mol. The van der Waals surface area contributed by atoms with Gasteiger partial charge in [0.05, 0.1) is 45.2 Å². The molecular formula is C104H112Cl8Fe4N4O16. The summed E-state index contributed by atoms with van der Waals surface area (Å²) in [4.78, 5) is 78.0. The van der Waals surface area contributed by atoms with Crippen molar-refractivity contribution in [3.05, 3.63) is 345 Å². The second-order valence-electron chi connectivity index (χ2n) is 30.7. The molecule has 32 heteroatoms. The number of nitrogens with zero attached hydrogens (tertiary/aromatic N) is 4. The summed E-state index contributed by atoms with van der Waals surface area (Å²) in [6, 6.07) is 56.4.